The Morgan fingerprint density at radius 2 is 2.38 bits per heavy atom. The average Bonchev–Trinajstić information content (AvgIpc) is 3.00. The van der Waals surface area contributed by atoms with Gasteiger partial charge in [0.2, 0.25) is 0 Å². The minimum absolute atomic E-state index is 0.0327. The van der Waals surface area contributed by atoms with Crippen molar-refractivity contribution < 1.29 is 14.3 Å². The molecule has 1 aromatic carbocycles. The molecule has 0 aromatic heterocycles. The highest BCUT2D eigenvalue weighted by atomic mass is 32.2. The third-order valence-electron chi connectivity index (χ3n) is 3.26. The second kappa shape index (κ2) is 8.06. The number of rotatable bonds is 4. The fourth-order valence-electron chi connectivity index (χ4n) is 2.10. The van der Waals surface area contributed by atoms with Crippen molar-refractivity contribution >= 4 is 17.7 Å². The first-order valence-electron chi connectivity index (χ1n) is 6.96. The molecule has 0 saturated carbocycles. The van der Waals surface area contributed by atoms with Gasteiger partial charge in [-0.25, -0.2) is 4.39 Å². The van der Waals surface area contributed by atoms with Crippen LogP contribution in [0.25, 0.3) is 0 Å². The number of benzene rings is 1. The van der Waals surface area contributed by atoms with Gasteiger partial charge in [0.25, 0.3) is 5.91 Å². The van der Waals surface area contributed by atoms with Crippen LogP contribution in [0.3, 0.4) is 0 Å². The molecule has 1 unspecified atom stereocenters. The number of carbonyl (C=O) groups excluding carboxylic acids is 1. The Morgan fingerprint density at radius 1 is 1.52 bits per heavy atom. The van der Waals surface area contributed by atoms with Crippen LogP contribution in [0.1, 0.15) is 28.8 Å². The number of hydrogen-bond acceptors (Lipinski definition) is 3. The largest absolute Gasteiger partial charge is 0.395 e. The predicted octanol–water partition coefficient (Wildman–Crippen LogP) is 2.04. The van der Waals surface area contributed by atoms with Crippen molar-refractivity contribution in [1.82, 2.24) is 5.32 Å². The number of aliphatic hydroxyl groups excluding tert-OH is 1. The molecule has 1 aliphatic rings. The Labute approximate surface area is 128 Å². The van der Waals surface area contributed by atoms with Crippen LogP contribution in [0.5, 0.6) is 0 Å². The van der Waals surface area contributed by atoms with Crippen molar-refractivity contribution in [1.29, 1.82) is 0 Å². The van der Waals surface area contributed by atoms with E-state index in [4.69, 9.17) is 5.11 Å². The van der Waals surface area contributed by atoms with Crippen LogP contribution in [0.2, 0.25) is 0 Å². The second-order valence-electron chi connectivity index (χ2n) is 4.90. The van der Waals surface area contributed by atoms with Gasteiger partial charge in [-0.05, 0) is 42.0 Å². The van der Waals surface area contributed by atoms with Crippen molar-refractivity contribution in [2.75, 3.05) is 24.7 Å². The SMILES string of the molecule is O=C(NCC1CCSC1)c1cc(F)ccc1C#CCCO. The lowest BCUT2D eigenvalue weighted by Crippen LogP contribution is -2.29. The summed E-state index contributed by atoms with van der Waals surface area (Å²) in [6, 6.07) is 4.00. The summed E-state index contributed by atoms with van der Waals surface area (Å²) in [4.78, 5) is 12.2. The highest BCUT2D eigenvalue weighted by Gasteiger charge is 2.18. The van der Waals surface area contributed by atoms with Gasteiger partial charge < -0.3 is 10.4 Å². The Hall–Kier alpha value is -1.51. The van der Waals surface area contributed by atoms with Gasteiger partial charge in [0.1, 0.15) is 5.82 Å². The molecule has 21 heavy (non-hydrogen) atoms. The predicted molar refractivity (Wildman–Crippen MR) is 82.7 cm³/mol. The van der Waals surface area contributed by atoms with E-state index in [1.807, 2.05) is 11.8 Å². The number of thioether (sulfide) groups is 1. The number of carbonyl (C=O) groups is 1. The van der Waals surface area contributed by atoms with Crippen LogP contribution in [-0.2, 0) is 0 Å². The number of hydrogen-bond donors (Lipinski definition) is 2. The van der Waals surface area contributed by atoms with Crippen molar-refractivity contribution in [3.63, 3.8) is 0 Å². The van der Waals surface area contributed by atoms with Crippen LogP contribution in [0, 0.1) is 23.6 Å². The van der Waals surface area contributed by atoms with Crippen molar-refractivity contribution in [3.05, 3.63) is 35.1 Å². The van der Waals surface area contributed by atoms with Crippen LogP contribution >= 0.6 is 11.8 Å². The number of amides is 1. The Kier molecular flexibility index (Phi) is 6.09. The van der Waals surface area contributed by atoms with Gasteiger partial charge in [-0.15, -0.1) is 0 Å². The molecule has 1 aliphatic heterocycles. The van der Waals surface area contributed by atoms with Gasteiger partial charge in [-0.2, -0.15) is 11.8 Å². The van der Waals surface area contributed by atoms with E-state index < -0.39 is 5.82 Å². The van der Waals surface area contributed by atoms with Gasteiger partial charge in [0.05, 0.1) is 12.2 Å². The van der Waals surface area contributed by atoms with E-state index in [1.165, 1.54) is 18.2 Å². The van der Waals surface area contributed by atoms with Crippen LogP contribution < -0.4 is 5.32 Å². The van der Waals surface area contributed by atoms with E-state index in [0.717, 1.165) is 17.9 Å². The van der Waals surface area contributed by atoms with E-state index >= 15 is 0 Å². The first-order valence-corrected chi connectivity index (χ1v) is 8.11. The zero-order valence-corrected chi connectivity index (χ0v) is 12.5. The monoisotopic (exact) mass is 307 g/mol. The highest BCUT2D eigenvalue weighted by Crippen LogP contribution is 2.22. The van der Waals surface area contributed by atoms with E-state index in [1.54, 1.807) is 0 Å². The molecule has 3 nitrogen and oxygen atoms in total. The lowest BCUT2D eigenvalue weighted by molar-refractivity contribution is 0.0948. The van der Waals surface area contributed by atoms with Gasteiger partial charge >= 0.3 is 0 Å². The Bertz CT molecular complexity index is 559. The summed E-state index contributed by atoms with van der Waals surface area (Å²) >= 11 is 1.89. The maximum absolute atomic E-state index is 13.4. The van der Waals surface area contributed by atoms with Gasteiger partial charge in [0.15, 0.2) is 0 Å². The summed E-state index contributed by atoms with van der Waals surface area (Å²) in [5, 5.41) is 11.6. The number of nitrogens with one attached hydrogen (secondary N) is 1. The smallest absolute Gasteiger partial charge is 0.252 e. The summed E-state index contributed by atoms with van der Waals surface area (Å²) in [6.45, 7) is 0.584. The number of aliphatic hydroxyl groups is 1. The van der Waals surface area contributed by atoms with Crippen LogP contribution in [0.15, 0.2) is 18.2 Å². The molecule has 0 aliphatic carbocycles. The molecular formula is C16H18FNO2S. The summed E-state index contributed by atoms with van der Waals surface area (Å²) in [5.41, 5.74) is 0.745. The summed E-state index contributed by atoms with van der Waals surface area (Å²) in [7, 11) is 0. The lowest BCUT2D eigenvalue weighted by atomic mass is 10.1. The molecule has 2 N–H and O–H groups in total. The zero-order chi connectivity index (χ0) is 15.1. The molecule has 2 rings (SSSR count). The van der Waals surface area contributed by atoms with Gasteiger partial charge in [-0.1, -0.05) is 11.8 Å². The third kappa shape index (κ3) is 4.76. The molecule has 0 bridgehead atoms. The first kappa shape index (κ1) is 15.9. The first-order chi connectivity index (χ1) is 10.2. The van der Waals surface area contributed by atoms with E-state index in [0.29, 0.717) is 24.4 Å². The Balaban J connectivity index is 2.07. The van der Waals surface area contributed by atoms with Gasteiger partial charge in [-0.3, -0.25) is 4.79 Å². The maximum atomic E-state index is 13.4. The maximum Gasteiger partial charge on any atom is 0.252 e. The molecule has 5 heteroatoms. The minimum Gasteiger partial charge on any atom is -0.395 e. The van der Waals surface area contributed by atoms with Crippen molar-refractivity contribution in [3.8, 4) is 11.8 Å². The molecule has 112 valence electrons. The van der Waals surface area contributed by atoms with Crippen LogP contribution in [0.4, 0.5) is 4.39 Å². The average molecular weight is 307 g/mol. The minimum atomic E-state index is -0.454. The molecule has 0 radical (unpaired) electrons. The fraction of sp³-hybridized carbons (Fsp3) is 0.438. The molecule has 1 aromatic rings. The van der Waals surface area contributed by atoms with Gasteiger partial charge in [0, 0.05) is 18.5 Å². The summed E-state index contributed by atoms with van der Waals surface area (Å²) < 4.78 is 13.4. The molecular weight excluding hydrogens is 289 g/mol. The fourth-order valence-corrected chi connectivity index (χ4v) is 3.39. The quantitative estimate of drug-likeness (QED) is 0.837. The van der Waals surface area contributed by atoms with E-state index in [9.17, 15) is 9.18 Å². The van der Waals surface area contributed by atoms with Crippen LogP contribution in [-0.4, -0.2) is 35.7 Å². The summed E-state index contributed by atoms with van der Waals surface area (Å²) in [5.74, 6) is 7.52. The van der Waals surface area contributed by atoms with E-state index in [-0.39, 0.29) is 18.1 Å². The summed E-state index contributed by atoms with van der Waals surface area (Å²) in [6.07, 6.45) is 1.44. The Morgan fingerprint density at radius 3 is 3.10 bits per heavy atom. The normalized spacial score (nSPS) is 17.1. The highest BCUT2D eigenvalue weighted by molar-refractivity contribution is 7.99. The molecule has 1 heterocycles. The molecule has 1 fully saturated rings. The van der Waals surface area contributed by atoms with Crippen molar-refractivity contribution in [2.24, 2.45) is 5.92 Å². The second-order valence-corrected chi connectivity index (χ2v) is 6.05. The molecule has 1 saturated heterocycles. The van der Waals surface area contributed by atoms with E-state index in [2.05, 4.69) is 17.2 Å². The molecule has 0 spiro atoms. The number of halogens is 1. The molecule has 1 amide bonds. The lowest BCUT2D eigenvalue weighted by Gasteiger charge is -2.11. The molecule has 1 atom stereocenters. The standard InChI is InChI=1S/C16H18FNO2S/c17-14-5-4-13(3-1-2-7-19)15(9-14)16(20)18-10-12-6-8-21-11-12/h4-5,9,12,19H,2,6-8,10-11H2,(H,18,20). The topological polar surface area (TPSA) is 49.3 Å². The zero-order valence-electron chi connectivity index (χ0n) is 11.7. The van der Waals surface area contributed by atoms with Crippen molar-refractivity contribution in [2.45, 2.75) is 12.8 Å². The third-order valence-corrected chi connectivity index (χ3v) is 4.49.